The first-order chi connectivity index (χ1) is 15.6. The predicted molar refractivity (Wildman–Crippen MR) is 123 cm³/mol. The maximum Gasteiger partial charge on any atom is 0.174 e. The number of fused-ring (bicyclic) bond motifs is 1. The number of piperazine rings is 1. The molecule has 0 radical (unpaired) electrons. The van der Waals surface area contributed by atoms with E-state index in [0.717, 1.165) is 54.4 Å². The molecule has 0 spiro atoms. The summed E-state index contributed by atoms with van der Waals surface area (Å²) in [7, 11) is 3.87. The van der Waals surface area contributed by atoms with Crippen molar-refractivity contribution in [3.63, 3.8) is 0 Å². The summed E-state index contributed by atoms with van der Waals surface area (Å²) in [5.41, 5.74) is 4.49. The van der Waals surface area contributed by atoms with E-state index in [4.69, 9.17) is 9.84 Å². The molecule has 8 nitrogen and oxygen atoms in total. The summed E-state index contributed by atoms with van der Waals surface area (Å²) in [6.45, 7) is 4.08. The Balaban J connectivity index is 1.43. The second kappa shape index (κ2) is 8.47. The number of anilines is 1. The van der Waals surface area contributed by atoms with E-state index in [0.29, 0.717) is 17.9 Å². The molecule has 0 bridgehead atoms. The van der Waals surface area contributed by atoms with Crippen molar-refractivity contribution in [1.29, 1.82) is 0 Å². The van der Waals surface area contributed by atoms with E-state index >= 15 is 0 Å². The lowest BCUT2D eigenvalue weighted by molar-refractivity contribution is 0.311. The Labute approximate surface area is 186 Å². The molecule has 0 amide bonds. The molecule has 8 heteroatoms. The molecule has 2 aromatic heterocycles. The average Bonchev–Trinajstić information content (AvgIpc) is 3.22. The maximum atomic E-state index is 9.84. The molecule has 4 aromatic rings. The number of phenols is 1. The van der Waals surface area contributed by atoms with Crippen LogP contribution in [0.2, 0.25) is 0 Å². The fraction of sp³-hybridized carbons (Fsp3) is 0.292. The van der Waals surface area contributed by atoms with E-state index in [9.17, 15) is 5.11 Å². The number of nitrogens with zero attached hydrogens (tertiary/aromatic N) is 6. The average molecular weight is 431 g/mol. The highest BCUT2D eigenvalue weighted by atomic mass is 16.5. The lowest BCUT2D eigenvalue weighted by Gasteiger charge is -2.34. The van der Waals surface area contributed by atoms with Crippen LogP contribution in [0.5, 0.6) is 11.5 Å². The Bertz CT molecular complexity index is 1250. The van der Waals surface area contributed by atoms with Crippen LogP contribution in [0.4, 0.5) is 5.69 Å². The van der Waals surface area contributed by atoms with E-state index in [1.54, 1.807) is 42.2 Å². The number of rotatable bonds is 5. The minimum Gasteiger partial charge on any atom is -0.508 e. The Morgan fingerprint density at radius 2 is 1.88 bits per heavy atom. The van der Waals surface area contributed by atoms with Crippen LogP contribution in [-0.2, 0) is 6.42 Å². The fourth-order valence-electron chi connectivity index (χ4n) is 4.12. The van der Waals surface area contributed by atoms with E-state index in [-0.39, 0.29) is 5.75 Å². The summed E-state index contributed by atoms with van der Waals surface area (Å²) < 4.78 is 7.49. The first-order valence-electron chi connectivity index (χ1n) is 10.7. The number of methoxy groups -OCH3 is 1. The zero-order valence-corrected chi connectivity index (χ0v) is 18.3. The molecule has 32 heavy (non-hydrogen) atoms. The minimum absolute atomic E-state index is 0.201. The zero-order valence-electron chi connectivity index (χ0n) is 18.3. The molecular weight excluding hydrogens is 404 g/mol. The summed E-state index contributed by atoms with van der Waals surface area (Å²) in [4.78, 5) is 13.7. The third-order valence-electron chi connectivity index (χ3n) is 5.88. The van der Waals surface area contributed by atoms with Gasteiger partial charge in [0, 0.05) is 38.2 Å². The van der Waals surface area contributed by atoms with Crippen LogP contribution < -0.4 is 9.64 Å². The van der Waals surface area contributed by atoms with Crippen LogP contribution in [0.25, 0.3) is 16.9 Å². The highest BCUT2D eigenvalue weighted by molar-refractivity contribution is 5.63. The van der Waals surface area contributed by atoms with Gasteiger partial charge in [0.25, 0.3) is 0 Å². The van der Waals surface area contributed by atoms with Crippen molar-refractivity contribution < 1.29 is 9.84 Å². The molecule has 1 saturated heterocycles. The van der Waals surface area contributed by atoms with Gasteiger partial charge in [-0.05, 0) is 36.9 Å². The molecular formula is C24H26N6O2. The van der Waals surface area contributed by atoms with Crippen LogP contribution in [-0.4, -0.2) is 69.9 Å². The van der Waals surface area contributed by atoms with E-state index < -0.39 is 0 Å². The van der Waals surface area contributed by atoms with Gasteiger partial charge in [0.2, 0.25) is 0 Å². The SMILES string of the molecule is COc1cc(Cc2nc3cncc(-c4cccc(O)c4)n3n2)ccc1N1CCN(C)CC1. The van der Waals surface area contributed by atoms with Crippen LogP contribution in [0.1, 0.15) is 11.4 Å². The third kappa shape index (κ3) is 3.97. The van der Waals surface area contributed by atoms with Crippen molar-refractivity contribution in [2.24, 2.45) is 0 Å². The number of aromatic nitrogens is 4. The van der Waals surface area contributed by atoms with Crippen molar-refractivity contribution >= 4 is 11.3 Å². The van der Waals surface area contributed by atoms with Gasteiger partial charge in [0.1, 0.15) is 11.5 Å². The van der Waals surface area contributed by atoms with Gasteiger partial charge >= 0.3 is 0 Å². The highest BCUT2D eigenvalue weighted by Crippen LogP contribution is 2.31. The molecule has 3 heterocycles. The first kappa shape index (κ1) is 20.3. The number of hydrogen-bond acceptors (Lipinski definition) is 7. The van der Waals surface area contributed by atoms with E-state index in [1.165, 1.54) is 0 Å². The van der Waals surface area contributed by atoms with Gasteiger partial charge in [0.05, 0.1) is 30.9 Å². The summed E-state index contributed by atoms with van der Waals surface area (Å²) in [6.07, 6.45) is 4.01. The largest absolute Gasteiger partial charge is 0.508 e. The van der Waals surface area contributed by atoms with Crippen molar-refractivity contribution in [1.82, 2.24) is 24.5 Å². The van der Waals surface area contributed by atoms with Gasteiger partial charge < -0.3 is 19.6 Å². The van der Waals surface area contributed by atoms with Crippen LogP contribution in [0, 0.1) is 0 Å². The predicted octanol–water partition coefficient (Wildman–Crippen LogP) is 2.85. The van der Waals surface area contributed by atoms with E-state index in [2.05, 4.69) is 45.0 Å². The van der Waals surface area contributed by atoms with Gasteiger partial charge in [-0.3, -0.25) is 4.98 Å². The molecule has 5 rings (SSSR count). The van der Waals surface area contributed by atoms with Crippen LogP contribution in [0.15, 0.2) is 54.9 Å². The molecule has 1 aliphatic rings. The standard InChI is InChI=1S/C24H26N6O2/c1-28-8-10-29(11-9-28)20-7-6-17(12-22(20)32-2)13-23-26-24-16-25-15-21(30(24)27-23)18-4-3-5-19(31)14-18/h3-7,12,14-16,31H,8-11,13H2,1-2H3. The Morgan fingerprint density at radius 1 is 1.03 bits per heavy atom. The molecule has 0 unspecified atom stereocenters. The Hall–Kier alpha value is -3.65. The Morgan fingerprint density at radius 3 is 2.66 bits per heavy atom. The summed E-state index contributed by atoms with van der Waals surface area (Å²) in [5, 5.41) is 14.6. The molecule has 0 aliphatic carbocycles. The van der Waals surface area contributed by atoms with Crippen molar-refractivity contribution in [3.05, 3.63) is 66.2 Å². The second-order valence-corrected chi connectivity index (χ2v) is 8.11. The molecule has 2 aromatic carbocycles. The number of phenolic OH excluding ortho intramolecular Hbond substituents is 1. The van der Waals surface area contributed by atoms with Gasteiger partial charge in [-0.1, -0.05) is 18.2 Å². The maximum absolute atomic E-state index is 9.84. The van der Waals surface area contributed by atoms with Crippen LogP contribution in [0.3, 0.4) is 0 Å². The zero-order chi connectivity index (χ0) is 22.1. The summed E-state index contributed by atoms with van der Waals surface area (Å²) >= 11 is 0. The number of aromatic hydroxyl groups is 1. The second-order valence-electron chi connectivity index (χ2n) is 8.11. The number of benzene rings is 2. The molecule has 1 aliphatic heterocycles. The van der Waals surface area contributed by atoms with Gasteiger partial charge in [0.15, 0.2) is 11.5 Å². The van der Waals surface area contributed by atoms with Gasteiger partial charge in [-0.15, -0.1) is 0 Å². The molecule has 0 saturated carbocycles. The first-order valence-corrected chi connectivity index (χ1v) is 10.7. The minimum atomic E-state index is 0.201. The monoisotopic (exact) mass is 430 g/mol. The normalized spacial score (nSPS) is 14.8. The van der Waals surface area contributed by atoms with Gasteiger partial charge in [-0.25, -0.2) is 9.50 Å². The lowest BCUT2D eigenvalue weighted by atomic mass is 10.1. The summed E-state index contributed by atoms with van der Waals surface area (Å²) in [5.74, 6) is 1.78. The Kier molecular flexibility index (Phi) is 5.36. The van der Waals surface area contributed by atoms with Crippen molar-refractivity contribution in [3.8, 4) is 22.8 Å². The van der Waals surface area contributed by atoms with Crippen molar-refractivity contribution in [2.45, 2.75) is 6.42 Å². The van der Waals surface area contributed by atoms with Gasteiger partial charge in [-0.2, -0.15) is 5.10 Å². The van der Waals surface area contributed by atoms with Crippen LogP contribution >= 0.6 is 0 Å². The fourth-order valence-corrected chi connectivity index (χ4v) is 4.12. The quantitative estimate of drug-likeness (QED) is 0.522. The number of likely N-dealkylation sites (N-methyl/N-ethyl adjacent to an activating group) is 1. The number of hydrogen-bond donors (Lipinski definition) is 1. The lowest BCUT2D eigenvalue weighted by Crippen LogP contribution is -2.44. The smallest absolute Gasteiger partial charge is 0.174 e. The molecule has 1 N–H and O–H groups in total. The third-order valence-corrected chi connectivity index (χ3v) is 5.88. The molecule has 164 valence electrons. The highest BCUT2D eigenvalue weighted by Gasteiger charge is 2.18. The number of ether oxygens (including phenoxy) is 1. The molecule has 1 fully saturated rings. The topological polar surface area (TPSA) is 79.0 Å². The van der Waals surface area contributed by atoms with E-state index in [1.807, 2.05) is 6.07 Å². The molecule has 0 atom stereocenters. The summed E-state index contributed by atoms with van der Waals surface area (Å²) in [6, 6.07) is 13.4. The van der Waals surface area contributed by atoms with Crippen molar-refractivity contribution in [2.75, 3.05) is 45.2 Å².